The van der Waals surface area contributed by atoms with Crippen molar-refractivity contribution in [3.05, 3.63) is 59.7 Å². The van der Waals surface area contributed by atoms with Crippen molar-refractivity contribution in [3.8, 4) is 11.3 Å². The number of carboxylic acid groups (broad SMARTS) is 1. The fraction of sp³-hybridized carbons (Fsp3) is 0.286. The second-order valence-corrected chi connectivity index (χ2v) is 10.4. The molecule has 3 N–H and O–H groups in total. The summed E-state index contributed by atoms with van der Waals surface area (Å²) in [4.78, 5) is 27.4. The molecule has 0 bridgehead atoms. The molecule has 0 radical (unpaired) electrons. The maximum atomic E-state index is 15.6. The Hall–Kier alpha value is -3.74. The van der Waals surface area contributed by atoms with Crippen molar-refractivity contribution in [2.24, 2.45) is 11.1 Å². The monoisotopic (exact) mass is 496 g/mol. The van der Waals surface area contributed by atoms with Crippen LogP contribution in [0, 0.1) is 17.2 Å². The summed E-state index contributed by atoms with van der Waals surface area (Å²) in [7, 11) is -4.70. The molecule has 13 heteroatoms. The third-order valence-electron chi connectivity index (χ3n) is 4.63. The molecule has 0 unspecified atom stereocenters. The SMILES string of the molecule is CC(C)(C)CN(Cc1cn(S(=O)(=O)c2ccc(C(N)=O)o2)c(-c2cccnc2F)c1F)C(=O)O. The zero-order valence-electron chi connectivity index (χ0n) is 18.4. The van der Waals surface area contributed by atoms with E-state index in [2.05, 4.69) is 4.98 Å². The highest BCUT2D eigenvalue weighted by atomic mass is 32.2. The highest BCUT2D eigenvalue weighted by Gasteiger charge is 2.32. The van der Waals surface area contributed by atoms with E-state index < -0.39 is 67.9 Å². The molecule has 0 aliphatic carbocycles. The molecule has 0 saturated carbocycles. The molecule has 0 saturated heterocycles. The van der Waals surface area contributed by atoms with Gasteiger partial charge in [0.05, 0.1) is 12.1 Å². The molecular weight excluding hydrogens is 474 g/mol. The van der Waals surface area contributed by atoms with Gasteiger partial charge in [0.15, 0.2) is 11.6 Å². The van der Waals surface area contributed by atoms with E-state index in [9.17, 15) is 27.5 Å². The Morgan fingerprint density at radius 2 is 1.91 bits per heavy atom. The number of carbonyl (C=O) groups is 2. The molecular formula is C21H22F2N4O6S. The van der Waals surface area contributed by atoms with Gasteiger partial charge in [-0.2, -0.15) is 12.8 Å². The van der Waals surface area contributed by atoms with Crippen LogP contribution in [0.5, 0.6) is 0 Å². The Labute approximate surface area is 193 Å². The lowest BCUT2D eigenvalue weighted by molar-refractivity contribution is 0.0968. The van der Waals surface area contributed by atoms with Gasteiger partial charge in [-0.15, -0.1) is 0 Å². The van der Waals surface area contributed by atoms with E-state index in [1.165, 1.54) is 6.07 Å². The van der Waals surface area contributed by atoms with Gasteiger partial charge in [0.25, 0.3) is 5.91 Å². The van der Waals surface area contributed by atoms with Crippen LogP contribution in [0.4, 0.5) is 13.6 Å². The second-order valence-electron chi connectivity index (χ2n) is 8.64. The zero-order chi connectivity index (χ0) is 25.4. The van der Waals surface area contributed by atoms with Gasteiger partial charge < -0.3 is 20.2 Å². The molecule has 0 aliphatic rings. The van der Waals surface area contributed by atoms with E-state index in [1.54, 1.807) is 20.8 Å². The number of pyridine rings is 1. The zero-order valence-corrected chi connectivity index (χ0v) is 19.3. The third kappa shape index (κ3) is 4.93. The summed E-state index contributed by atoms with van der Waals surface area (Å²) in [6, 6.07) is 4.37. The van der Waals surface area contributed by atoms with Crippen molar-refractivity contribution >= 4 is 22.0 Å². The van der Waals surface area contributed by atoms with Crippen LogP contribution in [-0.4, -0.2) is 45.9 Å². The van der Waals surface area contributed by atoms with Gasteiger partial charge in [-0.25, -0.2) is 18.1 Å². The van der Waals surface area contributed by atoms with Crippen LogP contribution in [0.3, 0.4) is 0 Å². The minimum atomic E-state index is -4.70. The number of furan rings is 1. The molecule has 3 rings (SSSR count). The van der Waals surface area contributed by atoms with Crippen molar-refractivity contribution in [2.75, 3.05) is 6.54 Å². The van der Waals surface area contributed by atoms with Gasteiger partial charge in [-0.3, -0.25) is 4.79 Å². The first-order valence-corrected chi connectivity index (χ1v) is 11.3. The minimum absolute atomic E-state index is 0.0104. The number of aromatic nitrogens is 2. The smallest absolute Gasteiger partial charge is 0.407 e. The standard InChI is InChI=1S/C21H22F2N4O6S/c1-21(2,3)11-26(20(29)30)9-12-10-27(17(16(12)22)13-5-4-8-25-18(13)23)34(31,32)15-7-6-14(33-15)19(24)28/h4-8,10H,9,11H2,1-3H3,(H2,24,28)(H,29,30). The maximum Gasteiger partial charge on any atom is 0.407 e. The number of nitrogens with two attached hydrogens (primary N) is 1. The first-order valence-electron chi connectivity index (χ1n) is 9.86. The summed E-state index contributed by atoms with van der Waals surface area (Å²) in [6.07, 6.45) is 0.592. The van der Waals surface area contributed by atoms with Gasteiger partial charge in [-0.05, 0) is 29.7 Å². The maximum absolute atomic E-state index is 15.6. The quantitative estimate of drug-likeness (QED) is 0.477. The number of primary amides is 1. The second kappa shape index (κ2) is 8.89. The topological polar surface area (TPSA) is 149 Å². The summed E-state index contributed by atoms with van der Waals surface area (Å²) >= 11 is 0. The molecule has 0 spiro atoms. The normalized spacial score (nSPS) is 12.0. The Kier molecular flexibility index (Phi) is 6.51. The number of carbonyl (C=O) groups excluding carboxylic acids is 1. The van der Waals surface area contributed by atoms with Crippen LogP contribution < -0.4 is 5.73 Å². The number of amides is 2. The summed E-state index contributed by atoms with van der Waals surface area (Å²) in [6.45, 7) is 4.83. The van der Waals surface area contributed by atoms with Crippen molar-refractivity contribution in [1.82, 2.24) is 13.9 Å². The van der Waals surface area contributed by atoms with Gasteiger partial charge in [0.2, 0.25) is 11.0 Å². The van der Waals surface area contributed by atoms with E-state index in [-0.39, 0.29) is 12.1 Å². The van der Waals surface area contributed by atoms with Gasteiger partial charge in [0.1, 0.15) is 5.69 Å². The average Bonchev–Trinajstić information content (AvgIpc) is 3.34. The molecule has 2 amide bonds. The lowest BCUT2D eigenvalue weighted by Gasteiger charge is -2.27. The van der Waals surface area contributed by atoms with Crippen LogP contribution in [0.15, 0.2) is 46.2 Å². The molecule has 10 nitrogen and oxygen atoms in total. The Bertz CT molecular complexity index is 1360. The van der Waals surface area contributed by atoms with Gasteiger partial charge >= 0.3 is 16.1 Å². The van der Waals surface area contributed by atoms with E-state index in [4.69, 9.17) is 10.2 Å². The lowest BCUT2D eigenvalue weighted by Crippen LogP contribution is -2.36. The van der Waals surface area contributed by atoms with Crippen molar-refractivity contribution in [2.45, 2.75) is 32.4 Å². The molecule has 182 valence electrons. The molecule has 0 aromatic carbocycles. The highest BCUT2D eigenvalue weighted by molar-refractivity contribution is 7.89. The van der Waals surface area contributed by atoms with Crippen LogP contribution >= 0.6 is 0 Å². The summed E-state index contributed by atoms with van der Waals surface area (Å²) in [5.74, 6) is -3.79. The summed E-state index contributed by atoms with van der Waals surface area (Å²) in [5, 5.41) is 8.82. The predicted molar refractivity (Wildman–Crippen MR) is 115 cm³/mol. The van der Waals surface area contributed by atoms with Crippen LogP contribution in [0.2, 0.25) is 0 Å². The number of rotatable bonds is 7. The van der Waals surface area contributed by atoms with Crippen molar-refractivity contribution < 1.29 is 36.3 Å². The van der Waals surface area contributed by atoms with Crippen molar-refractivity contribution in [1.29, 1.82) is 0 Å². The molecule has 3 aromatic rings. The predicted octanol–water partition coefficient (Wildman–Crippen LogP) is 3.28. The average molecular weight is 496 g/mol. The Morgan fingerprint density at radius 1 is 1.24 bits per heavy atom. The molecule has 0 aliphatic heterocycles. The number of halogens is 2. The molecule has 0 atom stereocenters. The third-order valence-corrected chi connectivity index (χ3v) is 6.17. The van der Waals surface area contributed by atoms with Crippen LogP contribution in [0.1, 0.15) is 36.9 Å². The van der Waals surface area contributed by atoms with Gasteiger partial charge in [-0.1, -0.05) is 20.8 Å². The number of hydrogen-bond donors (Lipinski definition) is 2. The number of hydrogen-bond acceptors (Lipinski definition) is 6. The lowest BCUT2D eigenvalue weighted by atomic mass is 9.96. The van der Waals surface area contributed by atoms with E-state index >= 15 is 4.39 Å². The Morgan fingerprint density at radius 3 is 2.44 bits per heavy atom. The van der Waals surface area contributed by atoms with E-state index in [0.717, 1.165) is 35.5 Å². The molecule has 3 aromatic heterocycles. The summed E-state index contributed by atoms with van der Waals surface area (Å²) < 4.78 is 62.0. The molecule has 34 heavy (non-hydrogen) atoms. The van der Waals surface area contributed by atoms with Crippen LogP contribution in [0.25, 0.3) is 11.3 Å². The van der Waals surface area contributed by atoms with Crippen LogP contribution in [-0.2, 0) is 16.6 Å². The molecule has 3 heterocycles. The summed E-state index contributed by atoms with van der Waals surface area (Å²) in [5.41, 5.74) is 3.10. The van der Waals surface area contributed by atoms with Gasteiger partial charge in [0, 0.05) is 24.5 Å². The first-order chi connectivity index (χ1) is 15.7. The molecule has 0 fully saturated rings. The van der Waals surface area contributed by atoms with E-state index in [1.807, 2.05) is 0 Å². The number of nitrogens with zero attached hydrogens (tertiary/aromatic N) is 3. The van der Waals surface area contributed by atoms with Crippen molar-refractivity contribution in [3.63, 3.8) is 0 Å². The Balaban J connectivity index is 2.21. The largest absolute Gasteiger partial charge is 0.465 e. The highest BCUT2D eigenvalue weighted by Crippen LogP contribution is 2.33. The van der Waals surface area contributed by atoms with E-state index in [0.29, 0.717) is 3.97 Å². The minimum Gasteiger partial charge on any atom is -0.465 e. The fourth-order valence-corrected chi connectivity index (χ4v) is 4.58. The fourth-order valence-electron chi connectivity index (χ4n) is 3.27. The first kappa shape index (κ1) is 24.9.